The standard InChI is InChI=1S/C26H35N3O5.C22H31N3O3.CH4.B/c1-6-24-10-7-12-29-13-11-25(21(24)29)19-9-8-18(33-5)14-20(19)28(4)22(25)26(32,15-27-16(2)30)23(24)34-17(3)31;1-4-20-8-5-10-25-11-9-21(17(20)25)15-7-6-14(28-3)12-16(15)24(2)18(21)22(27,13-23)19(20)26;;/h7-10,14,21-23,32H,6,11-13,15H2,1-5H3,(H,27,30);5-8,12,17-19,26-27H,4,9-11,13,23H2,1-3H3;1H4;/t21-,22+,23+,24+,25+,26-;17-,18+,19+,20+,21+,22-;;/m00../s1. The first-order valence-electron chi connectivity index (χ1n) is 22.5. The molecule has 14 nitrogen and oxygen atoms in total. The summed E-state index contributed by atoms with van der Waals surface area (Å²) in [5, 5.41) is 39.1. The van der Waals surface area contributed by atoms with E-state index in [0.717, 1.165) is 68.3 Å². The first kappa shape index (κ1) is 47.8. The lowest BCUT2D eigenvalue weighted by Gasteiger charge is -2.64. The number of amides is 1. The van der Waals surface area contributed by atoms with Crippen molar-refractivity contribution in [3.05, 3.63) is 71.8 Å². The van der Waals surface area contributed by atoms with Gasteiger partial charge in [-0.3, -0.25) is 19.4 Å². The van der Waals surface area contributed by atoms with Gasteiger partial charge in [-0.15, -0.1) is 0 Å². The lowest BCUT2D eigenvalue weighted by molar-refractivity contribution is -0.217. The molecule has 8 aliphatic rings. The molecule has 6 aliphatic heterocycles. The summed E-state index contributed by atoms with van der Waals surface area (Å²) in [4.78, 5) is 33.7. The van der Waals surface area contributed by atoms with E-state index in [-0.39, 0.29) is 58.4 Å². The maximum atomic E-state index is 12.7. The van der Waals surface area contributed by atoms with E-state index < -0.39 is 51.7 Å². The molecule has 1 amide bonds. The van der Waals surface area contributed by atoms with Crippen LogP contribution in [-0.4, -0.2) is 161 Å². The minimum atomic E-state index is -1.53. The van der Waals surface area contributed by atoms with Crippen LogP contribution in [-0.2, 0) is 25.2 Å². The third kappa shape index (κ3) is 5.85. The van der Waals surface area contributed by atoms with Crippen LogP contribution in [0.4, 0.5) is 11.4 Å². The number of nitrogens with zero attached hydrogens (tertiary/aromatic N) is 4. The highest BCUT2D eigenvalue weighted by atomic mass is 16.6. The van der Waals surface area contributed by atoms with E-state index in [1.54, 1.807) is 14.2 Å². The summed E-state index contributed by atoms with van der Waals surface area (Å²) in [6, 6.07) is 11.9. The van der Waals surface area contributed by atoms with Crippen LogP contribution in [0.3, 0.4) is 0 Å². The quantitative estimate of drug-likeness (QED) is 0.149. The van der Waals surface area contributed by atoms with Crippen LogP contribution in [0.5, 0.6) is 11.5 Å². The molecular weight excluding hydrogens is 811 g/mol. The number of fused-ring (bicyclic) bond motifs is 2. The normalized spacial score (nSPS) is 39.1. The van der Waals surface area contributed by atoms with Crippen LogP contribution >= 0.6 is 0 Å². The zero-order valence-corrected chi connectivity index (χ0v) is 38.1. The number of aliphatic hydroxyl groups is 3. The zero-order chi connectivity index (χ0) is 44.4. The number of benzene rings is 2. The van der Waals surface area contributed by atoms with Crippen LogP contribution < -0.4 is 30.3 Å². The molecule has 2 aromatic carbocycles. The van der Waals surface area contributed by atoms with Crippen LogP contribution in [0.25, 0.3) is 0 Å². The molecule has 10 rings (SSSR count). The molecule has 6 N–H and O–H groups in total. The molecule has 0 bridgehead atoms. The number of rotatable bonds is 8. The zero-order valence-electron chi connectivity index (χ0n) is 38.1. The van der Waals surface area contributed by atoms with Crippen molar-refractivity contribution in [1.82, 2.24) is 15.1 Å². The number of ether oxygens (including phenoxy) is 3. The van der Waals surface area contributed by atoms with E-state index in [2.05, 4.69) is 81.3 Å². The summed E-state index contributed by atoms with van der Waals surface area (Å²) in [5.41, 5.74) is 6.01. The fraction of sp³-hybridized carbons (Fsp3) is 0.633. The highest BCUT2D eigenvalue weighted by Crippen LogP contribution is 2.68. The topological polar surface area (TPSA) is 174 Å². The summed E-state index contributed by atoms with van der Waals surface area (Å²) in [6.07, 6.45) is 10.2. The third-order valence-corrected chi connectivity index (χ3v) is 17.1. The van der Waals surface area contributed by atoms with E-state index in [1.807, 2.05) is 32.3 Å². The van der Waals surface area contributed by atoms with Gasteiger partial charge in [0, 0.05) is 113 Å². The Hall–Kier alpha value is -4.12. The number of carbonyl (C=O) groups excluding carboxylic acids is 2. The number of nitrogens with two attached hydrogens (primary N) is 1. The van der Waals surface area contributed by atoms with Gasteiger partial charge in [0.2, 0.25) is 5.91 Å². The minimum Gasteiger partial charge on any atom is -0.497 e. The average molecular weight is 882 g/mol. The Morgan fingerprint density at radius 3 is 1.69 bits per heavy atom. The van der Waals surface area contributed by atoms with Gasteiger partial charge >= 0.3 is 5.97 Å². The Kier molecular flexibility index (Phi) is 12.2. The van der Waals surface area contributed by atoms with Crippen LogP contribution in [0.15, 0.2) is 60.7 Å². The van der Waals surface area contributed by atoms with E-state index in [9.17, 15) is 24.9 Å². The van der Waals surface area contributed by atoms with Gasteiger partial charge in [-0.05, 0) is 62.0 Å². The van der Waals surface area contributed by atoms with Gasteiger partial charge in [-0.1, -0.05) is 57.7 Å². The van der Waals surface area contributed by atoms with Gasteiger partial charge in [0.15, 0.2) is 0 Å². The predicted octanol–water partition coefficient (Wildman–Crippen LogP) is 2.72. The SMILES string of the molecule is C.CC[C@]12C=CCN3CC[C@@]4(c5ccc(OC)cc5N(C)[C@H]4[C@@](O)(CN)[C@@H]1O)[C@@H]32.CC[C@]12C=CCN3CC[C@@]4(c5ccc(OC)cc5N(C)[C@H]4[C@@](O)(CNC(C)=O)[C@@H]1OC(C)=O)[C@@H]32.[B]. The molecule has 2 spiro atoms. The van der Waals surface area contributed by atoms with Gasteiger partial charge in [-0.2, -0.15) is 0 Å². The van der Waals surface area contributed by atoms with Crippen molar-refractivity contribution in [2.75, 3.05) is 77.4 Å². The van der Waals surface area contributed by atoms with Gasteiger partial charge in [0.1, 0.15) is 28.8 Å². The van der Waals surface area contributed by atoms with Crippen molar-refractivity contribution in [1.29, 1.82) is 0 Å². The van der Waals surface area contributed by atoms with Crippen LogP contribution in [0.2, 0.25) is 0 Å². The third-order valence-electron chi connectivity index (χ3n) is 17.1. The smallest absolute Gasteiger partial charge is 0.303 e. The van der Waals surface area contributed by atoms with Gasteiger partial charge in [0.25, 0.3) is 0 Å². The number of esters is 1. The molecule has 2 saturated carbocycles. The lowest BCUT2D eigenvalue weighted by Crippen LogP contribution is -2.81. The number of anilines is 2. The number of hydrogen-bond acceptors (Lipinski definition) is 13. The molecule has 347 valence electrons. The fourth-order valence-electron chi connectivity index (χ4n) is 15.2. The predicted molar refractivity (Wildman–Crippen MR) is 249 cm³/mol. The number of aliphatic hydroxyl groups excluding tert-OH is 1. The van der Waals surface area contributed by atoms with Gasteiger partial charge in [-0.25, -0.2) is 0 Å². The number of likely N-dealkylation sites (N-methyl/N-ethyl adjacent to an activating group) is 2. The van der Waals surface area contributed by atoms with E-state index >= 15 is 0 Å². The summed E-state index contributed by atoms with van der Waals surface area (Å²) in [5.74, 6) is 0.888. The monoisotopic (exact) mass is 882 g/mol. The van der Waals surface area contributed by atoms with Crippen molar-refractivity contribution < 1.29 is 39.1 Å². The molecule has 4 fully saturated rings. The number of carbonyl (C=O) groups is 2. The Morgan fingerprint density at radius 2 is 1.25 bits per heavy atom. The molecule has 0 aromatic heterocycles. The molecule has 2 saturated heterocycles. The molecule has 12 atom stereocenters. The van der Waals surface area contributed by atoms with Crippen LogP contribution in [0, 0.1) is 10.8 Å². The van der Waals surface area contributed by atoms with Gasteiger partial charge in [0.05, 0.1) is 39.0 Å². The molecule has 15 heteroatoms. The first-order chi connectivity index (χ1) is 29.6. The van der Waals surface area contributed by atoms with Crippen molar-refractivity contribution in [3.8, 4) is 11.5 Å². The average Bonchev–Trinajstić information content (AvgIpc) is 4.00. The van der Waals surface area contributed by atoms with Crippen LogP contribution in [0.1, 0.15) is 71.9 Å². The van der Waals surface area contributed by atoms with Crippen molar-refractivity contribution in [2.45, 2.75) is 119 Å². The highest BCUT2D eigenvalue weighted by molar-refractivity contribution is 5.76. The summed E-state index contributed by atoms with van der Waals surface area (Å²) < 4.78 is 17.1. The Balaban J connectivity index is 0.000000189. The second kappa shape index (κ2) is 16.3. The van der Waals surface area contributed by atoms with E-state index in [0.29, 0.717) is 6.42 Å². The molecule has 2 aliphatic carbocycles. The summed E-state index contributed by atoms with van der Waals surface area (Å²) >= 11 is 0. The van der Waals surface area contributed by atoms with E-state index in [1.165, 1.54) is 25.0 Å². The minimum absolute atomic E-state index is 0. The fourth-order valence-corrected chi connectivity index (χ4v) is 15.2. The Labute approximate surface area is 381 Å². The molecule has 2 aromatic rings. The number of hydrogen-bond donors (Lipinski definition) is 5. The molecule has 6 heterocycles. The molecule has 3 radical (unpaired) electrons. The summed E-state index contributed by atoms with van der Waals surface area (Å²) in [6.45, 7) is 10.6. The summed E-state index contributed by atoms with van der Waals surface area (Å²) in [7, 11) is 7.33. The van der Waals surface area contributed by atoms with Gasteiger partial charge < -0.3 is 50.4 Å². The Bertz CT molecular complexity index is 2210. The first-order valence-corrected chi connectivity index (χ1v) is 22.5. The van der Waals surface area contributed by atoms with Crippen molar-refractivity contribution >= 4 is 31.7 Å². The van der Waals surface area contributed by atoms with Crippen molar-refractivity contribution in [2.24, 2.45) is 16.6 Å². The second-order valence-corrected chi connectivity index (χ2v) is 19.4. The maximum absolute atomic E-state index is 12.7. The highest BCUT2D eigenvalue weighted by Gasteiger charge is 2.79. The lowest BCUT2D eigenvalue weighted by atomic mass is 9.47. The number of nitrogens with one attached hydrogen (secondary N) is 1. The molecule has 0 unspecified atom stereocenters. The maximum Gasteiger partial charge on any atom is 0.303 e. The van der Waals surface area contributed by atoms with E-state index in [4.69, 9.17) is 19.9 Å². The second-order valence-electron chi connectivity index (χ2n) is 19.4. The Morgan fingerprint density at radius 1 is 0.781 bits per heavy atom. The molecular formula is C49H70BN6O8. The molecule has 64 heavy (non-hydrogen) atoms. The van der Waals surface area contributed by atoms with Crippen molar-refractivity contribution in [3.63, 3.8) is 0 Å². The largest absolute Gasteiger partial charge is 0.497 e. The number of methoxy groups -OCH3 is 2.